The van der Waals surface area contributed by atoms with Crippen LogP contribution >= 0.6 is 0 Å². The van der Waals surface area contributed by atoms with Crippen LogP contribution < -0.4 is 4.74 Å². The fourth-order valence-electron chi connectivity index (χ4n) is 2.36. The van der Waals surface area contributed by atoms with Gasteiger partial charge in [0.2, 0.25) is 0 Å². The number of carbonyl (C=O) groups is 1. The van der Waals surface area contributed by atoms with Gasteiger partial charge < -0.3 is 0 Å². The minimum atomic E-state index is -0.439. The van der Waals surface area contributed by atoms with Crippen LogP contribution in [0.2, 0.25) is 3.48 Å². The molecular weight excluding hydrogens is 463 g/mol. The van der Waals surface area contributed by atoms with Gasteiger partial charge in [0.05, 0.1) is 0 Å². The number of non-ortho nitro benzene ring substituents is 1. The van der Waals surface area contributed by atoms with Crippen LogP contribution in [0.25, 0.3) is 0 Å². The molecule has 0 bridgehead atoms. The predicted octanol–water partition coefficient (Wildman–Crippen LogP) is 2.87. The molecule has 3 rings (SSSR count). The first-order valence-electron chi connectivity index (χ1n) is 6.38. The van der Waals surface area contributed by atoms with E-state index in [1.54, 1.807) is 24.3 Å². The van der Waals surface area contributed by atoms with Crippen molar-refractivity contribution in [1.82, 2.24) is 0 Å². The van der Waals surface area contributed by atoms with Crippen molar-refractivity contribution in [1.29, 1.82) is 0 Å². The molecule has 2 atom stereocenters. The molecule has 0 aliphatic carbocycles. The second-order valence-corrected chi connectivity index (χ2v) is 7.57. The molecular formula is C15H10NO4Tl. The summed E-state index contributed by atoms with van der Waals surface area (Å²) < 4.78 is 5.79. The van der Waals surface area contributed by atoms with E-state index in [0.29, 0.717) is 37.1 Å². The number of fused-ring (bicyclic) bond motifs is 1. The number of Topliss-reactive ketones (excluding diaryl/α,β-unsaturated/α-hetero) is 1. The second-order valence-electron chi connectivity index (χ2n) is 4.77. The molecule has 0 radical (unpaired) electrons. The van der Waals surface area contributed by atoms with E-state index in [1.807, 2.05) is 12.1 Å². The first-order chi connectivity index (χ1) is 10.1. The van der Waals surface area contributed by atoms with Crippen molar-refractivity contribution < 1.29 is 14.5 Å². The van der Waals surface area contributed by atoms with Gasteiger partial charge in [-0.05, 0) is 0 Å². The summed E-state index contributed by atoms with van der Waals surface area (Å²) in [6.07, 6.45) is -0.349. The molecule has 2 aromatic rings. The average molecular weight is 473 g/mol. The molecule has 6 heteroatoms. The molecule has 0 fully saturated rings. The van der Waals surface area contributed by atoms with E-state index in [0.717, 1.165) is 5.56 Å². The topological polar surface area (TPSA) is 69.4 Å². The normalized spacial score (nSPS) is 20.4. The van der Waals surface area contributed by atoms with Crippen molar-refractivity contribution in [3.8, 4) is 5.75 Å². The molecule has 0 unspecified atom stereocenters. The molecule has 0 amide bonds. The molecule has 1 heterocycles. The van der Waals surface area contributed by atoms with E-state index in [1.165, 1.54) is 12.1 Å². The quantitative estimate of drug-likeness (QED) is 0.383. The monoisotopic (exact) mass is 473 g/mol. The van der Waals surface area contributed by atoms with Crippen LogP contribution in [0.15, 0.2) is 48.5 Å². The Hall–Kier alpha value is -1.77. The van der Waals surface area contributed by atoms with Crippen LogP contribution in [0, 0.1) is 10.1 Å². The molecule has 1 aliphatic heterocycles. The van der Waals surface area contributed by atoms with Crippen molar-refractivity contribution in [3.63, 3.8) is 0 Å². The van der Waals surface area contributed by atoms with Gasteiger partial charge in [0.15, 0.2) is 0 Å². The van der Waals surface area contributed by atoms with Crippen molar-refractivity contribution >= 4 is 37.2 Å². The summed E-state index contributed by atoms with van der Waals surface area (Å²) in [5.41, 5.74) is 1.47. The fraction of sp³-hybridized carbons (Fsp3) is 0.133. The van der Waals surface area contributed by atoms with Crippen LogP contribution in [-0.4, -0.2) is 36.5 Å². The van der Waals surface area contributed by atoms with Gasteiger partial charge >= 0.3 is 137 Å². The summed E-state index contributed by atoms with van der Waals surface area (Å²) in [4.78, 5) is 22.7. The molecule has 102 valence electrons. The number of nitro benzene ring substituents is 1. The van der Waals surface area contributed by atoms with Crippen LogP contribution in [0.4, 0.5) is 5.69 Å². The first-order valence-corrected chi connectivity index (χ1v) is 8.97. The van der Waals surface area contributed by atoms with Crippen LogP contribution in [0.5, 0.6) is 5.75 Å². The number of hydrogen-bond acceptors (Lipinski definition) is 4. The molecule has 2 aromatic carbocycles. The third-order valence-corrected chi connectivity index (χ3v) is 6.00. The van der Waals surface area contributed by atoms with Crippen molar-refractivity contribution in [2.45, 2.75) is 9.58 Å². The predicted molar refractivity (Wildman–Crippen MR) is 76.7 cm³/mol. The number of para-hydroxylation sites is 1. The molecule has 0 spiro atoms. The van der Waals surface area contributed by atoms with E-state index in [2.05, 4.69) is 0 Å². The Kier molecular flexibility index (Phi) is 3.75. The first kappa shape index (κ1) is 14.2. The fourth-order valence-corrected chi connectivity index (χ4v) is 4.23. The third kappa shape index (κ3) is 2.57. The van der Waals surface area contributed by atoms with E-state index in [4.69, 9.17) is 4.74 Å². The Labute approximate surface area is 136 Å². The summed E-state index contributed by atoms with van der Waals surface area (Å²) in [6, 6.07) is 13.4. The Morgan fingerprint density at radius 2 is 1.76 bits per heavy atom. The zero-order chi connectivity index (χ0) is 15.0. The third-order valence-electron chi connectivity index (χ3n) is 3.47. The number of ether oxygens (including phenoxy) is 1. The standard InChI is InChI=1S/C15H10NO4.Tl/c17-13-9-15(20-14-4-2-1-3-12(13)14)10-5-7-11(8-6-10)16(18)19;/h1-9,15H;/t15-;/m1./s1. The number of benzene rings is 2. The van der Waals surface area contributed by atoms with Gasteiger partial charge in [0, 0.05) is 0 Å². The van der Waals surface area contributed by atoms with Gasteiger partial charge in [-0.2, -0.15) is 0 Å². The van der Waals surface area contributed by atoms with Crippen molar-refractivity contribution in [3.05, 3.63) is 69.8 Å². The Bertz CT molecular complexity index is 714. The maximum absolute atomic E-state index is 12.4. The van der Waals surface area contributed by atoms with E-state index in [9.17, 15) is 14.9 Å². The van der Waals surface area contributed by atoms with E-state index < -0.39 is 4.92 Å². The van der Waals surface area contributed by atoms with Gasteiger partial charge in [0.1, 0.15) is 0 Å². The Morgan fingerprint density at radius 3 is 2.43 bits per heavy atom. The number of ketones is 1. The summed E-state index contributed by atoms with van der Waals surface area (Å²) >= 11 is 0.427. The average Bonchev–Trinajstić information content (AvgIpc) is 2.51. The summed E-state index contributed by atoms with van der Waals surface area (Å²) in [5.74, 6) is 0.688. The zero-order valence-corrected chi connectivity index (χ0v) is 15.4. The van der Waals surface area contributed by atoms with E-state index in [-0.39, 0.29) is 21.1 Å². The number of nitrogens with zero attached hydrogens (tertiary/aromatic N) is 1. The summed E-state index contributed by atoms with van der Waals surface area (Å²) in [6.45, 7) is 0. The number of nitro groups is 1. The van der Waals surface area contributed by atoms with Crippen LogP contribution in [-0.2, 0) is 0 Å². The number of hydrogen-bond donors (Lipinski definition) is 0. The zero-order valence-electron chi connectivity index (χ0n) is 10.9. The van der Waals surface area contributed by atoms with Crippen LogP contribution in [0.1, 0.15) is 22.0 Å². The molecule has 21 heavy (non-hydrogen) atoms. The van der Waals surface area contributed by atoms with E-state index >= 15 is 0 Å². The van der Waals surface area contributed by atoms with Crippen molar-refractivity contribution in [2.24, 2.45) is 0 Å². The Morgan fingerprint density at radius 1 is 1.10 bits per heavy atom. The molecule has 1 aliphatic rings. The Balaban J connectivity index is 1.96. The number of carbonyl (C=O) groups excluding carboxylic acids is 1. The molecule has 0 N–H and O–H groups in total. The SMILES string of the molecule is O=C1c2ccccc2O[C@@H](c2ccc([N+](=O)[O-])cc2)[C@@H]1[Tl]. The van der Waals surface area contributed by atoms with Crippen LogP contribution in [0.3, 0.4) is 0 Å². The molecule has 5 nitrogen and oxygen atoms in total. The van der Waals surface area contributed by atoms with Gasteiger partial charge in [0.25, 0.3) is 0 Å². The molecule has 0 saturated heterocycles. The van der Waals surface area contributed by atoms with Gasteiger partial charge in [-0.1, -0.05) is 0 Å². The second kappa shape index (κ2) is 5.55. The number of rotatable bonds is 2. The van der Waals surface area contributed by atoms with Gasteiger partial charge in [-0.15, -0.1) is 0 Å². The van der Waals surface area contributed by atoms with Gasteiger partial charge in [-0.25, -0.2) is 0 Å². The van der Waals surface area contributed by atoms with Gasteiger partial charge in [-0.3, -0.25) is 0 Å². The molecule has 0 aromatic heterocycles. The van der Waals surface area contributed by atoms with Crippen molar-refractivity contribution in [2.75, 3.05) is 0 Å². The maximum atomic E-state index is 12.4. The summed E-state index contributed by atoms with van der Waals surface area (Å²) in [7, 11) is 0. The summed E-state index contributed by atoms with van der Waals surface area (Å²) in [5, 5.41) is 10.7. The molecule has 0 saturated carbocycles. The minimum absolute atomic E-state index is 0.0358.